The van der Waals surface area contributed by atoms with Gasteiger partial charge in [0.25, 0.3) is 0 Å². The molecule has 1 N–H and O–H groups in total. The number of hydrogen-bond donors (Lipinski definition) is 1. The molecule has 220 valence electrons. The van der Waals surface area contributed by atoms with Gasteiger partial charge in [0.15, 0.2) is 11.6 Å². The minimum Gasteiger partial charge on any atom is -0.507 e. The molecule has 3 aromatic rings. The monoisotopic (exact) mass is 697 g/mol. The Labute approximate surface area is 268 Å². The molecule has 44 heavy (non-hydrogen) atoms. The predicted octanol–water partition coefficient (Wildman–Crippen LogP) is 6.21. The number of aromatic hydroxyl groups is 1. The Bertz CT molecular complexity index is 1840. The normalized spacial score (nSPS) is 24.5. The lowest BCUT2D eigenvalue weighted by atomic mass is 9.59. The fraction of sp³-hybridized carbons (Fsp3) is 0.222. The lowest BCUT2D eigenvalue weighted by Gasteiger charge is -2.42. The van der Waals surface area contributed by atoms with Crippen LogP contribution in [0.5, 0.6) is 11.5 Å². The summed E-state index contributed by atoms with van der Waals surface area (Å²) in [4.78, 5) is 56.0. The Morgan fingerprint density at radius 3 is 2.41 bits per heavy atom. The number of hydrogen-bond acceptors (Lipinski definition) is 6. The van der Waals surface area contributed by atoms with Crippen LogP contribution in [0.1, 0.15) is 36.8 Å². The van der Waals surface area contributed by atoms with Gasteiger partial charge in [-0.3, -0.25) is 24.1 Å². The molecule has 8 heteroatoms. The quantitative estimate of drug-likeness (QED) is 0.147. The Morgan fingerprint density at radius 1 is 0.932 bits per heavy atom. The van der Waals surface area contributed by atoms with E-state index in [2.05, 4.69) is 22.6 Å². The van der Waals surface area contributed by atoms with E-state index in [4.69, 9.17) is 4.74 Å². The second-order valence-electron chi connectivity index (χ2n) is 11.7. The highest BCUT2D eigenvalue weighted by Gasteiger charge is 2.56. The molecule has 1 aliphatic heterocycles. The molecule has 0 bridgehead atoms. The molecule has 7 nitrogen and oxygen atoms in total. The lowest BCUT2D eigenvalue weighted by molar-refractivity contribution is -0.123. The molecule has 0 aromatic heterocycles. The number of ketones is 2. The highest BCUT2D eigenvalue weighted by molar-refractivity contribution is 14.1. The van der Waals surface area contributed by atoms with Crippen LogP contribution in [0, 0.1) is 21.3 Å². The van der Waals surface area contributed by atoms with Crippen molar-refractivity contribution in [2.75, 3.05) is 4.90 Å². The number of phenolic OH excluding ortho intramolecular Hbond substituents is 1. The Hall–Kier alpha value is -4.31. The van der Waals surface area contributed by atoms with Crippen LogP contribution in [-0.2, 0) is 25.8 Å². The summed E-state index contributed by atoms with van der Waals surface area (Å²) < 4.78 is 6.91. The first kappa shape index (κ1) is 28.5. The first-order chi connectivity index (χ1) is 21.2. The standard InChI is InChI=1S/C36H28INO6/c1-19-15-29(39)28-17-27-24(13-14-26-32(27)36(43)38(35(26)42)22-9-7-21(37)8-10-22)31(33(28)34(19)41)25-12-11-23(16-30(25)40)44-18-20-5-3-2-4-6-20/h2-13,15-16,26-27,31-32,40H,14,17-18H2,1H3. The Morgan fingerprint density at radius 2 is 1.68 bits per heavy atom. The summed E-state index contributed by atoms with van der Waals surface area (Å²) in [5, 5.41) is 11.4. The van der Waals surface area contributed by atoms with E-state index in [0.29, 0.717) is 46.7 Å². The number of allylic oxidation sites excluding steroid dienone is 6. The number of phenols is 1. The van der Waals surface area contributed by atoms with Crippen LogP contribution >= 0.6 is 22.6 Å². The molecule has 3 aromatic carbocycles. The van der Waals surface area contributed by atoms with E-state index in [9.17, 15) is 24.3 Å². The van der Waals surface area contributed by atoms with Crippen LogP contribution in [0.2, 0.25) is 0 Å². The summed E-state index contributed by atoms with van der Waals surface area (Å²) in [5.41, 5.74) is 3.79. The zero-order valence-electron chi connectivity index (χ0n) is 23.8. The summed E-state index contributed by atoms with van der Waals surface area (Å²) in [6.07, 6.45) is 3.82. The minimum absolute atomic E-state index is 0.0714. The summed E-state index contributed by atoms with van der Waals surface area (Å²) >= 11 is 2.18. The van der Waals surface area contributed by atoms with Crippen LogP contribution in [0.25, 0.3) is 0 Å². The molecule has 1 saturated heterocycles. The molecule has 4 aliphatic rings. The van der Waals surface area contributed by atoms with Gasteiger partial charge in [-0.1, -0.05) is 48.0 Å². The van der Waals surface area contributed by atoms with Gasteiger partial charge in [0, 0.05) is 37.8 Å². The maximum atomic E-state index is 14.0. The van der Waals surface area contributed by atoms with Gasteiger partial charge in [-0.25, -0.2) is 0 Å². The Balaban J connectivity index is 1.28. The van der Waals surface area contributed by atoms with E-state index >= 15 is 0 Å². The van der Waals surface area contributed by atoms with Gasteiger partial charge in [0.2, 0.25) is 11.8 Å². The van der Waals surface area contributed by atoms with Gasteiger partial charge in [-0.15, -0.1) is 0 Å². The molecular weight excluding hydrogens is 669 g/mol. The van der Waals surface area contributed by atoms with Crippen molar-refractivity contribution in [1.82, 2.24) is 0 Å². The molecule has 0 spiro atoms. The SMILES string of the molecule is CC1=CC(=O)C2=C(C1=O)C(c1ccc(OCc3ccccc3)cc1O)C1=CCC3C(=O)N(c4ccc(I)cc4)C(=O)C3C1C2. The van der Waals surface area contributed by atoms with E-state index < -0.39 is 23.7 Å². The molecule has 2 amide bonds. The van der Waals surface area contributed by atoms with Crippen molar-refractivity contribution in [1.29, 1.82) is 0 Å². The third kappa shape index (κ3) is 4.63. The van der Waals surface area contributed by atoms with E-state index in [1.165, 1.54) is 17.0 Å². The van der Waals surface area contributed by atoms with Gasteiger partial charge >= 0.3 is 0 Å². The highest BCUT2D eigenvalue weighted by Crippen LogP contribution is 2.56. The number of carbonyl (C=O) groups is 4. The first-order valence-corrected chi connectivity index (χ1v) is 15.6. The number of halogens is 1. The number of fused-ring (bicyclic) bond motifs is 3. The molecule has 3 aliphatic carbocycles. The van der Waals surface area contributed by atoms with Crippen LogP contribution in [0.3, 0.4) is 0 Å². The summed E-state index contributed by atoms with van der Waals surface area (Å²) in [6.45, 7) is 1.94. The Kier molecular flexibility index (Phi) is 7.11. The number of imide groups is 1. The van der Waals surface area contributed by atoms with Crippen LogP contribution in [-0.4, -0.2) is 28.5 Å². The smallest absolute Gasteiger partial charge is 0.238 e. The first-order valence-electron chi connectivity index (χ1n) is 14.6. The second-order valence-corrected chi connectivity index (χ2v) is 13.0. The average Bonchev–Trinajstić information content (AvgIpc) is 3.28. The average molecular weight is 698 g/mol. The lowest BCUT2D eigenvalue weighted by Crippen LogP contribution is -2.39. The van der Waals surface area contributed by atoms with Crippen molar-refractivity contribution >= 4 is 51.7 Å². The molecule has 1 heterocycles. The third-order valence-corrected chi connectivity index (χ3v) is 9.93. The fourth-order valence-corrected chi connectivity index (χ4v) is 7.52. The second kappa shape index (κ2) is 11.0. The van der Waals surface area contributed by atoms with Crippen LogP contribution in [0.4, 0.5) is 5.69 Å². The summed E-state index contributed by atoms with van der Waals surface area (Å²) in [6, 6.07) is 21.9. The number of anilines is 1. The topological polar surface area (TPSA) is 101 Å². The molecular formula is C36H28INO6. The molecule has 4 unspecified atom stereocenters. The number of benzene rings is 3. The maximum absolute atomic E-state index is 14.0. The van der Waals surface area contributed by atoms with Gasteiger partial charge in [0.05, 0.1) is 17.5 Å². The maximum Gasteiger partial charge on any atom is 0.238 e. The third-order valence-electron chi connectivity index (χ3n) is 9.21. The molecule has 1 fully saturated rings. The van der Waals surface area contributed by atoms with Crippen molar-refractivity contribution in [3.8, 4) is 11.5 Å². The van der Waals surface area contributed by atoms with Crippen molar-refractivity contribution in [2.45, 2.75) is 32.3 Å². The summed E-state index contributed by atoms with van der Waals surface area (Å²) in [7, 11) is 0. The minimum atomic E-state index is -0.733. The molecule has 0 saturated carbocycles. The molecule has 0 radical (unpaired) electrons. The number of rotatable bonds is 5. The van der Waals surface area contributed by atoms with Crippen LogP contribution < -0.4 is 9.64 Å². The predicted molar refractivity (Wildman–Crippen MR) is 172 cm³/mol. The number of amides is 2. The van der Waals surface area contributed by atoms with Gasteiger partial charge in [0.1, 0.15) is 18.1 Å². The van der Waals surface area contributed by atoms with Crippen molar-refractivity contribution in [3.05, 3.63) is 122 Å². The van der Waals surface area contributed by atoms with E-state index in [-0.39, 0.29) is 35.6 Å². The van der Waals surface area contributed by atoms with Gasteiger partial charge < -0.3 is 9.84 Å². The number of ether oxygens (including phenoxy) is 1. The number of carbonyl (C=O) groups excluding carboxylic acids is 4. The molecule has 7 rings (SSSR count). The van der Waals surface area contributed by atoms with Crippen LogP contribution in [0.15, 0.2) is 107 Å². The zero-order valence-corrected chi connectivity index (χ0v) is 26.0. The number of Topliss-reactive ketones (excluding diaryl/α,β-unsaturated/α-hetero) is 1. The van der Waals surface area contributed by atoms with E-state index in [1.54, 1.807) is 31.2 Å². The zero-order chi connectivity index (χ0) is 30.7. The van der Waals surface area contributed by atoms with E-state index in [0.717, 1.165) is 14.7 Å². The highest BCUT2D eigenvalue weighted by atomic mass is 127. The fourth-order valence-electron chi connectivity index (χ4n) is 7.16. The largest absolute Gasteiger partial charge is 0.507 e. The molecule has 4 atom stereocenters. The van der Waals surface area contributed by atoms with Crippen molar-refractivity contribution in [3.63, 3.8) is 0 Å². The van der Waals surface area contributed by atoms with Gasteiger partial charge in [-0.2, -0.15) is 0 Å². The van der Waals surface area contributed by atoms with E-state index in [1.807, 2.05) is 48.5 Å². The number of nitrogens with zero attached hydrogens (tertiary/aromatic N) is 1. The summed E-state index contributed by atoms with van der Waals surface area (Å²) in [5.74, 6) is -3.12. The van der Waals surface area contributed by atoms with Crippen molar-refractivity contribution in [2.24, 2.45) is 17.8 Å². The van der Waals surface area contributed by atoms with Gasteiger partial charge in [-0.05, 0) is 90.2 Å². The van der Waals surface area contributed by atoms with Crippen molar-refractivity contribution < 1.29 is 29.0 Å².